The van der Waals surface area contributed by atoms with E-state index in [9.17, 15) is 14.7 Å². The predicted molar refractivity (Wildman–Crippen MR) is 177 cm³/mol. The molecular weight excluding hydrogens is 570 g/mol. The van der Waals surface area contributed by atoms with E-state index in [1.165, 1.54) is 0 Å². The maximum Gasteiger partial charge on any atom is 0.306 e. The first-order valence-corrected chi connectivity index (χ1v) is 15.7. The molecular formula is C36H47N3O6. The lowest BCUT2D eigenvalue weighted by Crippen LogP contribution is -2.41. The van der Waals surface area contributed by atoms with E-state index >= 15 is 0 Å². The number of pyridine rings is 1. The zero-order valence-corrected chi connectivity index (χ0v) is 27.4. The second-order valence-electron chi connectivity index (χ2n) is 12.8. The number of carboxylic acids is 1. The monoisotopic (exact) mass is 617 g/mol. The number of aliphatic carboxylic acids is 1. The van der Waals surface area contributed by atoms with Crippen LogP contribution in [0, 0.1) is 18.3 Å². The van der Waals surface area contributed by atoms with Crippen molar-refractivity contribution >= 4 is 23.4 Å². The summed E-state index contributed by atoms with van der Waals surface area (Å²) >= 11 is 0. The molecule has 9 heteroatoms. The minimum absolute atomic E-state index is 0.0840. The number of ether oxygens (including phenoxy) is 3. The summed E-state index contributed by atoms with van der Waals surface area (Å²) in [5.41, 5.74) is 3.01. The summed E-state index contributed by atoms with van der Waals surface area (Å²) in [5.74, 6) is 1.41. The Labute approximate surface area is 267 Å². The fraction of sp³-hybridized carbons (Fsp3) is 0.472. The lowest BCUT2D eigenvalue weighted by atomic mass is 9.94. The molecule has 1 fully saturated rings. The maximum atomic E-state index is 14.3. The van der Waals surface area contributed by atoms with E-state index in [4.69, 9.17) is 19.2 Å². The molecule has 1 saturated heterocycles. The van der Waals surface area contributed by atoms with Gasteiger partial charge < -0.3 is 24.2 Å². The Hall–Kier alpha value is -4.11. The molecule has 242 valence electrons. The van der Waals surface area contributed by atoms with Gasteiger partial charge in [-0.05, 0) is 80.0 Å². The van der Waals surface area contributed by atoms with Gasteiger partial charge in [0.2, 0.25) is 0 Å². The molecule has 2 heterocycles. The molecule has 45 heavy (non-hydrogen) atoms. The lowest BCUT2D eigenvalue weighted by Gasteiger charge is -2.36. The van der Waals surface area contributed by atoms with E-state index in [-0.39, 0.29) is 17.7 Å². The number of carbonyl (C=O) groups excluding carboxylic acids is 1. The molecule has 1 aliphatic heterocycles. The first kappa shape index (κ1) is 33.8. The van der Waals surface area contributed by atoms with E-state index in [0.29, 0.717) is 48.6 Å². The topological polar surface area (TPSA) is 101 Å². The molecule has 4 rings (SSSR count). The molecule has 1 aliphatic rings. The standard InChI is InChI=1S/C36H47N3O6/c1-7-44-32(22-34(40)41)27-11-9-12-29(20-27)45-23-26-16-18-38(19-17-26)31-21-28(43-6)14-15-30(31)35(42)39(24-36(3,4)5)33-13-8-10-25(2)37-33/h8-15,20-21,26,32H,7,16-19,22-24H2,1-6H3,(H,40,41). The van der Waals surface area contributed by atoms with Crippen molar-refractivity contribution in [2.45, 2.75) is 60.0 Å². The van der Waals surface area contributed by atoms with Gasteiger partial charge in [0, 0.05) is 38.0 Å². The molecule has 9 nitrogen and oxygen atoms in total. The summed E-state index contributed by atoms with van der Waals surface area (Å²) in [5, 5.41) is 9.28. The van der Waals surface area contributed by atoms with Gasteiger partial charge in [-0.1, -0.05) is 39.0 Å². The Morgan fingerprint density at radius 3 is 2.42 bits per heavy atom. The number of amides is 1. The number of carboxylic acid groups (broad SMARTS) is 1. The fourth-order valence-corrected chi connectivity index (χ4v) is 5.63. The van der Waals surface area contributed by atoms with E-state index in [2.05, 4.69) is 25.7 Å². The Morgan fingerprint density at radius 1 is 1.04 bits per heavy atom. The van der Waals surface area contributed by atoms with Gasteiger partial charge in [0.25, 0.3) is 5.91 Å². The largest absolute Gasteiger partial charge is 0.497 e. The molecule has 1 N–H and O–H groups in total. The van der Waals surface area contributed by atoms with Crippen molar-refractivity contribution < 1.29 is 28.9 Å². The molecule has 0 aliphatic carbocycles. The van der Waals surface area contributed by atoms with E-state index in [1.54, 1.807) is 12.0 Å². The first-order chi connectivity index (χ1) is 21.5. The van der Waals surface area contributed by atoms with Gasteiger partial charge in [-0.2, -0.15) is 0 Å². The van der Waals surface area contributed by atoms with Gasteiger partial charge in [0.15, 0.2) is 0 Å². The third-order valence-corrected chi connectivity index (χ3v) is 7.86. The van der Waals surface area contributed by atoms with Crippen molar-refractivity contribution in [1.82, 2.24) is 4.98 Å². The maximum absolute atomic E-state index is 14.3. The smallest absolute Gasteiger partial charge is 0.306 e. The quantitative estimate of drug-likeness (QED) is 0.220. The van der Waals surface area contributed by atoms with Crippen molar-refractivity contribution in [2.75, 3.05) is 49.8 Å². The third-order valence-electron chi connectivity index (χ3n) is 7.86. The van der Waals surface area contributed by atoms with Crippen LogP contribution in [0.2, 0.25) is 0 Å². The molecule has 1 unspecified atom stereocenters. The first-order valence-electron chi connectivity index (χ1n) is 15.7. The summed E-state index contributed by atoms with van der Waals surface area (Å²) in [4.78, 5) is 34.3. The Bertz CT molecular complexity index is 1440. The summed E-state index contributed by atoms with van der Waals surface area (Å²) in [6.45, 7) is 13.2. The van der Waals surface area contributed by atoms with Gasteiger partial charge in [0.05, 0.1) is 37.5 Å². The molecule has 1 amide bonds. The Balaban J connectivity index is 1.47. The van der Waals surface area contributed by atoms with Crippen LogP contribution in [0.25, 0.3) is 0 Å². The minimum atomic E-state index is -0.902. The van der Waals surface area contributed by atoms with Crippen LogP contribution in [-0.4, -0.2) is 61.9 Å². The molecule has 1 atom stereocenters. The summed E-state index contributed by atoms with van der Waals surface area (Å²) in [7, 11) is 1.64. The number of rotatable bonds is 13. The molecule has 0 bridgehead atoms. The number of hydrogen-bond donors (Lipinski definition) is 1. The minimum Gasteiger partial charge on any atom is -0.497 e. The number of hydrogen-bond acceptors (Lipinski definition) is 7. The Morgan fingerprint density at radius 2 is 1.78 bits per heavy atom. The summed E-state index contributed by atoms with van der Waals surface area (Å²) < 4.78 is 17.4. The van der Waals surface area contributed by atoms with Gasteiger partial charge in [0.1, 0.15) is 17.3 Å². The van der Waals surface area contributed by atoms with Crippen molar-refractivity contribution in [1.29, 1.82) is 0 Å². The van der Waals surface area contributed by atoms with Gasteiger partial charge in [-0.3, -0.25) is 14.5 Å². The van der Waals surface area contributed by atoms with Crippen molar-refractivity contribution in [3.63, 3.8) is 0 Å². The number of benzene rings is 2. The average molecular weight is 618 g/mol. The van der Waals surface area contributed by atoms with Crippen LogP contribution >= 0.6 is 0 Å². The molecule has 0 spiro atoms. The zero-order valence-electron chi connectivity index (χ0n) is 27.4. The Kier molecular flexibility index (Phi) is 11.4. The van der Waals surface area contributed by atoms with Crippen LogP contribution in [0.3, 0.4) is 0 Å². The second kappa shape index (κ2) is 15.3. The van der Waals surface area contributed by atoms with Crippen LogP contribution in [0.15, 0.2) is 60.7 Å². The number of anilines is 2. The van der Waals surface area contributed by atoms with Gasteiger partial charge >= 0.3 is 5.97 Å². The predicted octanol–water partition coefficient (Wildman–Crippen LogP) is 6.94. The molecule has 3 aromatic rings. The lowest BCUT2D eigenvalue weighted by molar-refractivity contribution is -0.140. The number of piperidine rings is 1. The van der Waals surface area contributed by atoms with Crippen molar-refractivity contribution in [2.24, 2.45) is 11.3 Å². The summed E-state index contributed by atoms with van der Waals surface area (Å²) in [6.07, 6.45) is 1.19. The number of aryl methyl sites for hydroxylation is 1. The van der Waals surface area contributed by atoms with Crippen LogP contribution in [-0.2, 0) is 9.53 Å². The molecule has 0 radical (unpaired) electrons. The number of methoxy groups -OCH3 is 1. The van der Waals surface area contributed by atoms with Crippen LogP contribution < -0.4 is 19.3 Å². The highest BCUT2D eigenvalue weighted by atomic mass is 16.5. The van der Waals surface area contributed by atoms with Crippen LogP contribution in [0.4, 0.5) is 11.5 Å². The molecule has 0 saturated carbocycles. The van der Waals surface area contributed by atoms with Crippen LogP contribution in [0.5, 0.6) is 11.5 Å². The zero-order chi connectivity index (χ0) is 32.6. The highest BCUT2D eigenvalue weighted by molar-refractivity contribution is 6.09. The fourth-order valence-electron chi connectivity index (χ4n) is 5.63. The SMILES string of the molecule is CCOC(CC(=O)O)c1cccc(OCC2CCN(c3cc(OC)ccc3C(=O)N(CC(C)(C)C)c3cccc(C)n3)CC2)c1. The molecule has 2 aromatic carbocycles. The van der Waals surface area contributed by atoms with Gasteiger partial charge in [-0.15, -0.1) is 0 Å². The highest BCUT2D eigenvalue weighted by Gasteiger charge is 2.29. The third kappa shape index (κ3) is 9.44. The van der Waals surface area contributed by atoms with E-state index in [1.807, 2.05) is 74.5 Å². The van der Waals surface area contributed by atoms with E-state index < -0.39 is 12.1 Å². The van der Waals surface area contributed by atoms with Crippen LogP contribution in [0.1, 0.15) is 74.7 Å². The van der Waals surface area contributed by atoms with Crippen molar-refractivity contribution in [3.8, 4) is 11.5 Å². The average Bonchev–Trinajstić information content (AvgIpc) is 3.01. The second-order valence-corrected chi connectivity index (χ2v) is 12.8. The van der Waals surface area contributed by atoms with Crippen molar-refractivity contribution in [3.05, 3.63) is 77.5 Å². The van der Waals surface area contributed by atoms with Gasteiger partial charge in [-0.25, -0.2) is 4.98 Å². The van der Waals surface area contributed by atoms with E-state index in [0.717, 1.165) is 42.9 Å². The number of nitrogens with zero attached hydrogens (tertiary/aromatic N) is 3. The summed E-state index contributed by atoms with van der Waals surface area (Å²) in [6, 6.07) is 18.9. The molecule has 1 aromatic heterocycles. The number of carbonyl (C=O) groups is 2. The number of aromatic nitrogens is 1. The highest BCUT2D eigenvalue weighted by Crippen LogP contribution is 2.33. The normalized spacial score (nSPS) is 14.6.